The van der Waals surface area contributed by atoms with Gasteiger partial charge in [0, 0.05) is 28.4 Å². The Balaban J connectivity index is 1.32. The number of nitrogens with one attached hydrogen (secondary N) is 2. The van der Waals surface area contributed by atoms with Gasteiger partial charge in [0.2, 0.25) is 0 Å². The van der Waals surface area contributed by atoms with Gasteiger partial charge < -0.3 is 5.32 Å². The van der Waals surface area contributed by atoms with Gasteiger partial charge >= 0.3 is 0 Å². The highest BCUT2D eigenvalue weighted by molar-refractivity contribution is 6.30. The summed E-state index contributed by atoms with van der Waals surface area (Å²) in [6.45, 7) is 1.38. The zero-order valence-electron chi connectivity index (χ0n) is 18.0. The molecule has 2 N–H and O–H groups in total. The lowest BCUT2D eigenvalue weighted by Crippen LogP contribution is -2.06. The van der Waals surface area contributed by atoms with Crippen LogP contribution < -0.4 is 5.32 Å². The van der Waals surface area contributed by atoms with Crippen LogP contribution in [0.15, 0.2) is 72.8 Å². The molecule has 0 atom stereocenters. The zero-order valence-corrected chi connectivity index (χ0v) is 18.8. The first-order chi connectivity index (χ1) is 16.2. The van der Waals surface area contributed by atoms with Crippen LogP contribution in [0.2, 0.25) is 5.02 Å². The Morgan fingerprint density at radius 2 is 1.82 bits per heavy atom. The zero-order chi connectivity index (χ0) is 22.2. The minimum atomic E-state index is 0.527. The predicted octanol–water partition coefficient (Wildman–Crippen LogP) is 6.01. The SMILES string of the molecule is Clc1cccc(CNc2n[nH]c3ccc(-c4nnn(Cc5ccccc5)c4C4CC4)cc23)c1. The van der Waals surface area contributed by atoms with Gasteiger partial charge in [0.25, 0.3) is 0 Å². The first-order valence-electron chi connectivity index (χ1n) is 11.2. The van der Waals surface area contributed by atoms with Gasteiger partial charge in [-0.2, -0.15) is 5.10 Å². The van der Waals surface area contributed by atoms with Crippen molar-refractivity contribution in [3.63, 3.8) is 0 Å². The molecule has 7 heteroatoms. The second kappa shape index (κ2) is 8.37. The molecule has 0 amide bonds. The van der Waals surface area contributed by atoms with Gasteiger partial charge in [-0.05, 0) is 48.2 Å². The maximum Gasteiger partial charge on any atom is 0.156 e. The smallest absolute Gasteiger partial charge is 0.156 e. The number of H-pyrrole nitrogens is 1. The number of hydrogen-bond acceptors (Lipinski definition) is 4. The molecule has 2 aromatic heterocycles. The summed E-state index contributed by atoms with van der Waals surface area (Å²) in [5.41, 5.74) is 6.59. The molecule has 0 spiro atoms. The highest BCUT2D eigenvalue weighted by Gasteiger charge is 2.32. The fraction of sp³-hybridized carbons (Fsp3) is 0.192. The Morgan fingerprint density at radius 1 is 0.970 bits per heavy atom. The van der Waals surface area contributed by atoms with Crippen LogP contribution in [-0.4, -0.2) is 25.2 Å². The normalized spacial score (nSPS) is 13.5. The molecule has 0 unspecified atom stereocenters. The molecule has 1 aliphatic carbocycles. The molecule has 33 heavy (non-hydrogen) atoms. The Hall–Kier alpha value is -3.64. The summed E-state index contributed by atoms with van der Waals surface area (Å²) in [7, 11) is 0. The molecule has 0 saturated heterocycles. The first kappa shape index (κ1) is 20.0. The van der Waals surface area contributed by atoms with Crippen molar-refractivity contribution in [2.75, 3.05) is 5.32 Å². The number of nitrogens with zero attached hydrogens (tertiary/aromatic N) is 4. The van der Waals surface area contributed by atoms with Gasteiger partial charge in [-0.15, -0.1) is 5.10 Å². The Kier molecular flexibility index (Phi) is 5.07. The average molecular weight is 455 g/mol. The lowest BCUT2D eigenvalue weighted by atomic mass is 10.1. The molecule has 5 aromatic rings. The van der Waals surface area contributed by atoms with E-state index in [0.717, 1.165) is 45.1 Å². The van der Waals surface area contributed by atoms with E-state index in [0.29, 0.717) is 12.5 Å². The molecular weight excluding hydrogens is 432 g/mol. The minimum Gasteiger partial charge on any atom is -0.364 e. The van der Waals surface area contributed by atoms with Gasteiger partial charge in [0.1, 0.15) is 5.69 Å². The molecule has 0 aliphatic heterocycles. The summed E-state index contributed by atoms with van der Waals surface area (Å²) >= 11 is 6.12. The van der Waals surface area contributed by atoms with Crippen molar-refractivity contribution in [2.45, 2.75) is 31.8 Å². The van der Waals surface area contributed by atoms with E-state index in [4.69, 9.17) is 11.6 Å². The number of rotatable bonds is 7. The van der Waals surface area contributed by atoms with E-state index >= 15 is 0 Å². The highest BCUT2D eigenvalue weighted by atomic mass is 35.5. The van der Waals surface area contributed by atoms with Crippen molar-refractivity contribution >= 4 is 28.3 Å². The predicted molar refractivity (Wildman–Crippen MR) is 131 cm³/mol. The molecule has 0 bridgehead atoms. The van der Waals surface area contributed by atoms with Crippen molar-refractivity contribution in [3.05, 3.63) is 94.6 Å². The number of halogens is 1. The first-order valence-corrected chi connectivity index (χ1v) is 11.6. The van der Waals surface area contributed by atoms with E-state index in [1.165, 1.54) is 24.1 Å². The summed E-state index contributed by atoms with van der Waals surface area (Å²) in [6.07, 6.45) is 2.38. The van der Waals surface area contributed by atoms with Crippen molar-refractivity contribution in [3.8, 4) is 11.3 Å². The van der Waals surface area contributed by atoms with Crippen molar-refractivity contribution < 1.29 is 0 Å². The molecule has 164 valence electrons. The number of benzene rings is 3. The number of fused-ring (bicyclic) bond motifs is 1. The quantitative estimate of drug-likeness (QED) is 0.316. The molecule has 0 radical (unpaired) electrons. The Labute approximate surface area is 196 Å². The lowest BCUT2D eigenvalue weighted by Gasteiger charge is -2.08. The van der Waals surface area contributed by atoms with E-state index in [1.54, 1.807) is 0 Å². The van der Waals surface area contributed by atoms with Crippen molar-refractivity contribution in [2.24, 2.45) is 0 Å². The minimum absolute atomic E-state index is 0.527. The van der Waals surface area contributed by atoms with Crippen molar-refractivity contribution in [1.82, 2.24) is 25.2 Å². The average Bonchev–Trinajstić information content (AvgIpc) is 3.47. The summed E-state index contributed by atoms with van der Waals surface area (Å²) in [5.74, 6) is 1.34. The number of aromatic nitrogens is 5. The number of anilines is 1. The third-order valence-corrected chi connectivity index (χ3v) is 6.33. The fourth-order valence-electron chi connectivity index (χ4n) is 4.29. The van der Waals surface area contributed by atoms with Crippen LogP contribution in [0.3, 0.4) is 0 Å². The molecule has 1 aliphatic rings. The van der Waals surface area contributed by atoms with E-state index in [1.807, 2.05) is 30.3 Å². The second-order valence-electron chi connectivity index (χ2n) is 8.56. The van der Waals surface area contributed by atoms with E-state index in [9.17, 15) is 0 Å². The highest BCUT2D eigenvalue weighted by Crippen LogP contribution is 2.44. The maximum absolute atomic E-state index is 6.12. The van der Waals surface area contributed by atoms with E-state index in [-0.39, 0.29) is 0 Å². The van der Waals surface area contributed by atoms with Crippen molar-refractivity contribution in [1.29, 1.82) is 0 Å². The molecule has 1 saturated carbocycles. The molecule has 2 heterocycles. The molecule has 1 fully saturated rings. The Bertz CT molecular complexity index is 1420. The number of hydrogen-bond donors (Lipinski definition) is 2. The van der Waals surface area contributed by atoms with Gasteiger partial charge in [0.15, 0.2) is 5.82 Å². The van der Waals surface area contributed by atoms with Crippen LogP contribution >= 0.6 is 11.6 Å². The monoisotopic (exact) mass is 454 g/mol. The Morgan fingerprint density at radius 3 is 2.64 bits per heavy atom. The summed E-state index contributed by atoms with van der Waals surface area (Å²) < 4.78 is 2.07. The molecule has 6 rings (SSSR count). The van der Waals surface area contributed by atoms with E-state index < -0.39 is 0 Å². The second-order valence-corrected chi connectivity index (χ2v) is 8.99. The molecular formula is C26H23ClN6. The van der Waals surface area contributed by atoms with Crippen LogP contribution in [0.1, 0.15) is 35.6 Å². The summed E-state index contributed by atoms with van der Waals surface area (Å²) in [5, 5.41) is 22.0. The van der Waals surface area contributed by atoms with Crippen LogP contribution in [-0.2, 0) is 13.1 Å². The van der Waals surface area contributed by atoms with Crippen LogP contribution in [0, 0.1) is 0 Å². The summed E-state index contributed by atoms with van der Waals surface area (Å²) in [6, 6.07) is 24.6. The van der Waals surface area contributed by atoms with Crippen LogP contribution in [0.5, 0.6) is 0 Å². The third kappa shape index (κ3) is 4.10. The molecule has 3 aromatic carbocycles. The fourth-order valence-corrected chi connectivity index (χ4v) is 4.50. The molecule has 6 nitrogen and oxygen atoms in total. The largest absolute Gasteiger partial charge is 0.364 e. The van der Waals surface area contributed by atoms with Gasteiger partial charge in [-0.25, -0.2) is 4.68 Å². The number of aromatic amines is 1. The third-order valence-electron chi connectivity index (χ3n) is 6.10. The standard InChI is InChI=1S/C26H23ClN6/c27-21-8-4-7-18(13-21)15-28-26-22-14-20(11-12-23(22)29-31-26)24-25(19-9-10-19)33(32-30-24)16-17-5-2-1-3-6-17/h1-8,11-14,19H,9-10,15-16H2,(H2,28,29,31). The lowest BCUT2D eigenvalue weighted by molar-refractivity contribution is 0.619. The van der Waals surface area contributed by atoms with Gasteiger partial charge in [0.05, 0.1) is 17.8 Å². The van der Waals surface area contributed by atoms with E-state index in [2.05, 4.69) is 73.0 Å². The topological polar surface area (TPSA) is 71.4 Å². The summed E-state index contributed by atoms with van der Waals surface area (Å²) in [4.78, 5) is 0. The van der Waals surface area contributed by atoms with Gasteiger partial charge in [-0.3, -0.25) is 5.10 Å². The maximum atomic E-state index is 6.12. The van der Waals surface area contributed by atoms with Gasteiger partial charge in [-0.1, -0.05) is 65.3 Å². The van der Waals surface area contributed by atoms with Crippen LogP contribution in [0.4, 0.5) is 5.82 Å². The van der Waals surface area contributed by atoms with Crippen LogP contribution in [0.25, 0.3) is 22.2 Å².